The van der Waals surface area contributed by atoms with E-state index in [4.69, 9.17) is 5.11 Å². The molecule has 2 aromatic rings. The Balaban J connectivity index is 1.97. The Morgan fingerprint density at radius 3 is 2.96 bits per heavy atom. The van der Waals surface area contributed by atoms with Crippen molar-refractivity contribution in [1.82, 2.24) is 15.3 Å². The number of carbonyl (C=O) groups excluding carboxylic acids is 1. The van der Waals surface area contributed by atoms with Crippen molar-refractivity contribution in [3.05, 3.63) is 16.9 Å². The van der Waals surface area contributed by atoms with Gasteiger partial charge in [0, 0.05) is 25.5 Å². The van der Waals surface area contributed by atoms with Gasteiger partial charge in [0.2, 0.25) is 0 Å². The summed E-state index contributed by atoms with van der Waals surface area (Å²) in [5, 5.41) is 24.2. The second-order valence-electron chi connectivity index (χ2n) is 5.93. The molecule has 0 aliphatic carbocycles. The fourth-order valence-corrected chi connectivity index (χ4v) is 3.51. The van der Waals surface area contributed by atoms with Gasteiger partial charge in [-0.3, -0.25) is 4.79 Å². The number of carbonyl (C=O) groups is 2. The number of amides is 2. The quantitative estimate of drug-likeness (QED) is 0.517. The van der Waals surface area contributed by atoms with Crippen LogP contribution >= 0.6 is 15.9 Å². The molecule has 25 heavy (non-hydrogen) atoms. The number of nitrogens with one attached hydrogen (secondary N) is 3. The Kier molecular flexibility index (Phi) is 4.82. The Hall–Kier alpha value is -2.33. The summed E-state index contributed by atoms with van der Waals surface area (Å²) in [5.74, 6) is -0.515. The van der Waals surface area contributed by atoms with Gasteiger partial charge in [0.1, 0.15) is 11.8 Å². The molecule has 1 aliphatic heterocycles. The first-order valence-corrected chi connectivity index (χ1v) is 8.55. The third kappa shape index (κ3) is 3.54. The number of nitrogens with zero attached hydrogens (tertiary/aromatic N) is 2. The van der Waals surface area contributed by atoms with E-state index in [9.17, 15) is 14.7 Å². The van der Waals surface area contributed by atoms with Crippen LogP contribution in [0.4, 0.5) is 16.2 Å². The average molecular weight is 412 g/mol. The number of rotatable bonds is 4. The number of anilines is 2. The molecule has 1 fully saturated rings. The molecule has 1 saturated heterocycles. The van der Waals surface area contributed by atoms with Crippen LogP contribution in [-0.2, 0) is 4.79 Å². The van der Waals surface area contributed by atoms with Crippen molar-refractivity contribution in [3.63, 3.8) is 0 Å². The van der Waals surface area contributed by atoms with Crippen LogP contribution < -0.4 is 15.5 Å². The summed E-state index contributed by atoms with van der Waals surface area (Å²) >= 11 is 3.50. The largest absolute Gasteiger partial charge is 0.465 e. The van der Waals surface area contributed by atoms with E-state index < -0.39 is 18.1 Å². The van der Waals surface area contributed by atoms with Crippen LogP contribution in [0.2, 0.25) is 0 Å². The number of carboxylic acid groups (broad SMARTS) is 1. The van der Waals surface area contributed by atoms with Gasteiger partial charge in [-0.05, 0) is 29.3 Å². The van der Waals surface area contributed by atoms with Gasteiger partial charge in [0.15, 0.2) is 0 Å². The summed E-state index contributed by atoms with van der Waals surface area (Å²) in [6.45, 7) is 2.57. The predicted octanol–water partition coefficient (Wildman–Crippen LogP) is 1.49. The van der Waals surface area contributed by atoms with Crippen molar-refractivity contribution in [2.24, 2.45) is 0 Å². The molecule has 2 unspecified atom stereocenters. The van der Waals surface area contributed by atoms with E-state index in [-0.39, 0.29) is 6.04 Å². The minimum absolute atomic E-state index is 0.165. The summed E-state index contributed by atoms with van der Waals surface area (Å²) in [7, 11) is 0. The fraction of sp³-hybridized carbons (Fsp3) is 0.400. The van der Waals surface area contributed by atoms with Gasteiger partial charge >= 0.3 is 6.09 Å². The Bertz CT molecular complexity index is 822. The van der Waals surface area contributed by atoms with Gasteiger partial charge in [0.05, 0.1) is 27.3 Å². The predicted molar refractivity (Wildman–Crippen MR) is 95.9 cm³/mol. The number of aliphatic hydroxyl groups excluding tert-OH is 1. The van der Waals surface area contributed by atoms with E-state index in [2.05, 4.69) is 36.5 Å². The average Bonchev–Trinajstić information content (AvgIpc) is 3.14. The molecule has 2 atom stereocenters. The molecule has 10 heteroatoms. The molecule has 3 heterocycles. The van der Waals surface area contributed by atoms with E-state index in [0.717, 1.165) is 10.2 Å². The first kappa shape index (κ1) is 17.5. The molecule has 2 aromatic heterocycles. The molecule has 0 bridgehead atoms. The van der Waals surface area contributed by atoms with Crippen LogP contribution in [0.3, 0.4) is 0 Å². The Labute approximate surface area is 151 Å². The molecule has 0 radical (unpaired) electrons. The lowest BCUT2D eigenvalue weighted by Gasteiger charge is -2.22. The second kappa shape index (κ2) is 6.89. The normalized spacial score (nSPS) is 18.4. The SMILES string of the molecule is CC(O)C(=O)Nc1c[nH]c2ncc(Br)c(N3CCC(NC(=O)O)C3)c12. The van der Waals surface area contributed by atoms with Gasteiger partial charge in [-0.25, -0.2) is 9.78 Å². The highest BCUT2D eigenvalue weighted by molar-refractivity contribution is 9.10. The third-order valence-electron chi connectivity index (χ3n) is 4.10. The number of pyridine rings is 1. The Morgan fingerprint density at radius 1 is 1.52 bits per heavy atom. The molecule has 0 spiro atoms. The maximum atomic E-state index is 11.8. The Morgan fingerprint density at radius 2 is 2.28 bits per heavy atom. The highest BCUT2D eigenvalue weighted by Gasteiger charge is 2.28. The van der Waals surface area contributed by atoms with Crippen molar-refractivity contribution < 1.29 is 19.8 Å². The summed E-state index contributed by atoms with van der Waals surface area (Å²) in [5.41, 5.74) is 1.93. The number of aromatic nitrogens is 2. The number of halogens is 1. The van der Waals surface area contributed by atoms with Crippen molar-refractivity contribution in [1.29, 1.82) is 0 Å². The minimum Gasteiger partial charge on any atom is -0.465 e. The zero-order chi connectivity index (χ0) is 18.1. The van der Waals surface area contributed by atoms with Crippen LogP contribution in [0.15, 0.2) is 16.9 Å². The molecule has 2 amide bonds. The lowest BCUT2D eigenvalue weighted by molar-refractivity contribution is -0.123. The maximum absolute atomic E-state index is 11.8. The van der Waals surface area contributed by atoms with E-state index in [0.29, 0.717) is 36.2 Å². The van der Waals surface area contributed by atoms with E-state index in [1.807, 2.05) is 4.90 Å². The first-order chi connectivity index (χ1) is 11.9. The number of aliphatic hydroxyl groups is 1. The lowest BCUT2D eigenvalue weighted by Crippen LogP contribution is -2.36. The van der Waals surface area contributed by atoms with Crippen molar-refractivity contribution in [2.75, 3.05) is 23.3 Å². The molecule has 0 aromatic carbocycles. The third-order valence-corrected chi connectivity index (χ3v) is 4.68. The van der Waals surface area contributed by atoms with Crippen molar-refractivity contribution in [2.45, 2.75) is 25.5 Å². The summed E-state index contributed by atoms with van der Waals surface area (Å²) < 4.78 is 0.739. The number of H-pyrrole nitrogens is 1. The van der Waals surface area contributed by atoms with Gasteiger partial charge in [-0.15, -0.1) is 0 Å². The molecule has 0 saturated carbocycles. The van der Waals surface area contributed by atoms with E-state index in [1.165, 1.54) is 6.92 Å². The zero-order valence-electron chi connectivity index (χ0n) is 13.4. The van der Waals surface area contributed by atoms with E-state index >= 15 is 0 Å². The molecule has 3 rings (SSSR count). The van der Waals surface area contributed by atoms with Gasteiger partial charge < -0.3 is 30.7 Å². The molecule has 5 N–H and O–H groups in total. The minimum atomic E-state index is -1.13. The number of fused-ring (bicyclic) bond motifs is 1. The molecule has 9 nitrogen and oxygen atoms in total. The van der Waals surface area contributed by atoms with Crippen LogP contribution in [0.25, 0.3) is 11.0 Å². The van der Waals surface area contributed by atoms with Gasteiger partial charge in [-0.2, -0.15) is 0 Å². The van der Waals surface area contributed by atoms with Crippen molar-refractivity contribution in [3.8, 4) is 0 Å². The smallest absolute Gasteiger partial charge is 0.404 e. The summed E-state index contributed by atoms with van der Waals surface area (Å²) in [6.07, 6.45) is 1.79. The number of hydrogen-bond donors (Lipinski definition) is 5. The standard InChI is InChI=1S/C15H18BrN5O4/c1-7(22)14(23)20-10-5-18-13-11(10)12(9(16)4-17-13)21-3-2-8(6-21)19-15(24)25/h4-5,7-8,19,22H,2-3,6H2,1H3,(H,17,18)(H,20,23)(H,24,25). The molecular formula is C15H18BrN5O4. The zero-order valence-corrected chi connectivity index (χ0v) is 15.0. The molecule has 1 aliphatic rings. The van der Waals surface area contributed by atoms with E-state index in [1.54, 1.807) is 12.4 Å². The number of hydrogen-bond acceptors (Lipinski definition) is 5. The lowest BCUT2D eigenvalue weighted by atomic mass is 10.2. The highest BCUT2D eigenvalue weighted by atomic mass is 79.9. The molecular weight excluding hydrogens is 394 g/mol. The van der Waals surface area contributed by atoms with Crippen molar-refractivity contribution >= 4 is 50.3 Å². The summed E-state index contributed by atoms with van der Waals surface area (Å²) in [6, 6.07) is -0.165. The van der Waals surface area contributed by atoms with Gasteiger partial charge in [0.25, 0.3) is 5.91 Å². The van der Waals surface area contributed by atoms with Crippen LogP contribution in [-0.4, -0.2) is 57.4 Å². The fourth-order valence-electron chi connectivity index (χ4n) is 2.96. The number of aromatic amines is 1. The maximum Gasteiger partial charge on any atom is 0.404 e. The second-order valence-corrected chi connectivity index (χ2v) is 6.78. The molecule has 134 valence electrons. The van der Waals surface area contributed by atoms with Crippen LogP contribution in [0.5, 0.6) is 0 Å². The monoisotopic (exact) mass is 411 g/mol. The highest BCUT2D eigenvalue weighted by Crippen LogP contribution is 2.39. The van der Waals surface area contributed by atoms with Crippen LogP contribution in [0.1, 0.15) is 13.3 Å². The summed E-state index contributed by atoms with van der Waals surface area (Å²) in [4.78, 5) is 32.0. The van der Waals surface area contributed by atoms with Crippen LogP contribution in [0, 0.1) is 0 Å². The van der Waals surface area contributed by atoms with Gasteiger partial charge in [-0.1, -0.05) is 0 Å². The first-order valence-electron chi connectivity index (χ1n) is 7.75. The topological polar surface area (TPSA) is 131 Å².